The van der Waals surface area contributed by atoms with Gasteiger partial charge in [-0.1, -0.05) is 35.9 Å². The summed E-state index contributed by atoms with van der Waals surface area (Å²) in [5.41, 5.74) is 1.43. The SMILES string of the molecule is Cc1ccc(C(F)(F)C(=O)Nc2ccc3c(c2)N(S(N)(=O)=O)CC3)cc1. The van der Waals surface area contributed by atoms with Crippen LogP contribution in [0.1, 0.15) is 16.7 Å². The molecule has 9 heteroatoms. The van der Waals surface area contributed by atoms with Crippen LogP contribution in [0.25, 0.3) is 0 Å². The van der Waals surface area contributed by atoms with Gasteiger partial charge < -0.3 is 5.32 Å². The Morgan fingerprint density at radius 1 is 1.19 bits per heavy atom. The van der Waals surface area contributed by atoms with Crippen LogP contribution in [0.15, 0.2) is 42.5 Å². The van der Waals surface area contributed by atoms with Gasteiger partial charge in [0.25, 0.3) is 16.1 Å². The van der Waals surface area contributed by atoms with Gasteiger partial charge >= 0.3 is 5.92 Å². The van der Waals surface area contributed by atoms with Crippen molar-refractivity contribution < 1.29 is 22.0 Å². The molecule has 1 aliphatic rings. The lowest BCUT2D eigenvalue weighted by Gasteiger charge is -2.19. The second-order valence-electron chi connectivity index (χ2n) is 6.11. The van der Waals surface area contributed by atoms with Crippen LogP contribution in [0.5, 0.6) is 0 Å². The van der Waals surface area contributed by atoms with Crippen LogP contribution in [0.4, 0.5) is 20.2 Å². The second kappa shape index (κ2) is 6.33. The van der Waals surface area contributed by atoms with Crippen molar-refractivity contribution in [3.63, 3.8) is 0 Å². The van der Waals surface area contributed by atoms with E-state index >= 15 is 0 Å². The molecule has 0 bridgehead atoms. The third-order valence-electron chi connectivity index (χ3n) is 4.20. The van der Waals surface area contributed by atoms with Crippen LogP contribution in [0.2, 0.25) is 0 Å². The predicted octanol–water partition coefficient (Wildman–Crippen LogP) is 2.29. The molecule has 3 N–H and O–H groups in total. The summed E-state index contributed by atoms with van der Waals surface area (Å²) < 4.78 is 52.9. The molecule has 2 aromatic carbocycles. The van der Waals surface area contributed by atoms with E-state index in [4.69, 9.17) is 5.14 Å². The number of halogens is 2. The van der Waals surface area contributed by atoms with Crippen LogP contribution in [0, 0.1) is 6.92 Å². The van der Waals surface area contributed by atoms with E-state index in [1.807, 2.05) is 0 Å². The van der Waals surface area contributed by atoms with Gasteiger partial charge in [-0.15, -0.1) is 0 Å². The number of carbonyl (C=O) groups excluding carboxylic acids is 1. The molecule has 6 nitrogen and oxygen atoms in total. The molecule has 2 aromatic rings. The first-order valence-electron chi connectivity index (χ1n) is 7.79. The van der Waals surface area contributed by atoms with Gasteiger partial charge in [0, 0.05) is 17.8 Å². The fourth-order valence-electron chi connectivity index (χ4n) is 2.80. The van der Waals surface area contributed by atoms with Crippen molar-refractivity contribution >= 4 is 27.5 Å². The molecule has 138 valence electrons. The fraction of sp³-hybridized carbons (Fsp3) is 0.235. The maximum absolute atomic E-state index is 14.4. The van der Waals surface area contributed by atoms with Gasteiger partial charge in [-0.2, -0.15) is 17.2 Å². The number of benzene rings is 2. The number of amides is 1. The highest BCUT2D eigenvalue weighted by molar-refractivity contribution is 7.90. The van der Waals surface area contributed by atoms with Crippen molar-refractivity contribution in [3.05, 3.63) is 59.2 Å². The second-order valence-corrected chi connectivity index (χ2v) is 7.58. The molecule has 0 saturated carbocycles. The Bertz CT molecular complexity index is 960. The first kappa shape index (κ1) is 18.3. The minimum Gasteiger partial charge on any atom is -0.320 e. The van der Waals surface area contributed by atoms with Gasteiger partial charge in [0.2, 0.25) is 0 Å². The van der Waals surface area contributed by atoms with Crippen molar-refractivity contribution in [1.29, 1.82) is 0 Å². The summed E-state index contributed by atoms with van der Waals surface area (Å²) >= 11 is 0. The number of nitrogens with zero attached hydrogens (tertiary/aromatic N) is 1. The van der Waals surface area contributed by atoms with Gasteiger partial charge in [0.15, 0.2) is 0 Å². The van der Waals surface area contributed by atoms with E-state index in [1.165, 1.54) is 36.4 Å². The molecule has 0 unspecified atom stereocenters. The molecular weight excluding hydrogens is 364 g/mol. The lowest BCUT2D eigenvalue weighted by Crippen LogP contribution is -2.35. The maximum atomic E-state index is 14.4. The van der Waals surface area contributed by atoms with Crippen LogP contribution in [-0.4, -0.2) is 20.9 Å². The number of carbonyl (C=O) groups is 1. The normalized spacial score (nSPS) is 14.2. The summed E-state index contributed by atoms with van der Waals surface area (Å²) in [5.74, 6) is -5.23. The smallest absolute Gasteiger partial charge is 0.320 e. The minimum atomic E-state index is -3.96. The topological polar surface area (TPSA) is 92.5 Å². The van der Waals surface area contributed by atoms with E-state index in [2.05, 4.69) is 5.32 Å². The molecular formula is C17H17F2N3O3S. The largest absolute Gasteiger partial charge is 0.350 e. The number of nitrogens with one attached hydrogen (secondary N) is 1. The highest BCUT2D eigenvalue weighted by Crippen LogP contribution is 2.34. The Labute approximate surface area is 149 Å². The van der Waals surface area contributed by atoms with Gasteiger partial charge in [-0.3, -0.25) is 9.10 Å². The number of rotatable bonds is 4. The molecule has 0 spiro atoms. The van der Waals surface area contributed by atoms with E-state index in [0.29, 0.717) is 12.0 Å². The molecule has 1 aliphatic heterocycles. The number of anilines is 2. The van der Waals surface area contributed by atoms with E-state index in [9.17, 15) is 22.0 Å². The van der Waals surface area contributed by atoms with E-state index in [0.717, 1.165) is 9.87 Å². The molecule has 0 aliphatic carbocycles. The lowest BCUT2D eigenvalue weighted by molar-refractivity contribution is -0.140. The number of fused-ring (bicyclic) bond motifs is 1. The van der Waals surface area contributed by atoms with Crippen molar-refractivity contribution in [2.75, 3.05) is 16.2 Å². The van der Waals surface area contributed by atoms with Gasteiger partial charge in [0.05, 0.1) is 5.69 Å². The molecule has 0 saturated heterocycles. The summed E-state index contributed by atoms with van der Waals surface area (Å²) in [6.45, 7) is 1.93. The summed E-state index contributed by atoms with van der Waals surface area (Å²) in [6.07, 6.45) is 0.458. The third-order valence-corrected chi connectivity index (χ3v) is 5.20. The number of alkyl halides is 2. The quantitative estimate of drug-likeness (QED) is 0.851. The van der Waals surface area contributed by atoms with Gasteiger partial charge in [0.1, 0.15) is 0 Å². The molecule has 0 aromatic heterocycles. The van der Waals surface area contributed by atoms with Crippen molar-refractivity contribution in [1.82, 2.24) is 0 Å². The van der Waals surface area contributed by atoms with Crippen molar-refractivity contribution in [3.8, 4) is 0 Å². The van der Waals surface area contributed by atoms with Crippen LogP contribution in [0.3, 0.4) is 0 Å². The zero-order valence-electron chi connectivity index (χ0n) is 13.9. The first-order chi connectivity index (χ1) is 12.1. The highest BCUT2D eigenvalue weighted by atomic mass is 32.2. The third kappa shape index (κ3) is 3.40. The van der Waals surface area contributed by atoms with Crippen LogP contribution in [-0.2, 0) is 27.3 Å². The molecule has 1 amide bonds. The van der Waals surface area contributed by atoms with Crippen LogP contribution < -0.4 is 14.8 Å². The Balaban J connectivity index is 1.85. The molecule has 0 atom stereocenters. The van der Waals surface area contributed by atoms with Crippen molar-refractivity contribution in [2.45, 2.75) is 19.3 Å². The minimum absolute atomic E-state index is 0.0658. The molecule has 0 fully saturated rings. The summed E-state index contributed by atoms with van der Waals surface area (Å²) in [6, 6.07) is 9.75. The molecule has 3 rings (SSSR count). The summed E-state index contributed by atoms with van der Waals surface area (Å²) in [7, 11) is -3.96. The Kier molecular flexibility index (Phi) is 4.45. The lowest BCUT2D eigenvalue weighted by atomic mass is 10.1. The predicted molar refractivity (Wildman–Crippen MR) is 94.3 cm³/mol. The standard InChI is InChI=1S/C17H17F2N3O3S/c1-11-2-5-13(6-3-11)17(18,19)16(23)21-14-7-4-12-8-9-22(15(12)10-14)26(20,24)25/h2-7,10H,8-9H2,1H3,(H,21,23)(H2,20,24,25). The van der Waals surface area contributed by atoms with Crippen LogP contribution >= 0.6 is 0 Å². The van der Waals surface area contributed by atoms with E-state index in [-0.39, 0.29) is 17.9 Å². The highest BCUT2D eigenvalue weighted by Gasteiger charge is 2.41. The molecule has 0 radical (unpaired) electrons. The number of hydrogen-bond acceptors (Lipinski definition) is 3. The Morgan fingerprint density at radius 2 is 1.85 bits per heavy atom. The zero-order valence-corrected chi connectivity index (χ0v) is 14.7. The summed E-state index contributed by atoms with van der Waals surface area (Å²) in [4.78, 5) is 12.1. The van der Waals surface area contributed by atoms with E-state index in [1.54, 1.807) is 13.0 Å². The Morgan fingerprint density at radius 3 is 2.46 bits per heavy atom. The maximum Gasteiger partial charge on any atom is 0.350 e. The number of aryl methyl sites for hydroxylation is 1. The number of hydrogen-bond donors (Lipinski definition) is 2. The van der Waals surface area contributed by atoms with Gasteiger partial charge in [-0.05, 0) is 31.0 Å². The zero-order chi connectivity index (χ0) is 19.1. The van der Waals surface area contributed by atoms with Crippen molar-refractivity contribution in [2.24, 2.45) is 5.14 Å². The average Bonchev–Trinajstić information content (AvgIpc) is 2.98. The monoisotopic (exact) mass is 381 g/mol. The number of nitrogens with two attached hydrogens (primary N) is 1. The average molecular weight is 381 g/mol. The van der Waals surface area contributed by atoms with Gasteiger partial charge in [-0.25, -0.2) is 5.14 Å². The molecule has 1 heterocycles. The molecule has 26 heavy (non-hydrogen) atoms. The Hall–Kier alpha value is -2.52. The first-order valence-corrected chi connectivity index (χ1v) is 9.29. The summed E-state index contributed by atoms with van der Waals surface area (Å²) in [5, 5.41) is 7.30. The van der Waals surface area contributed by atoms with E-state index < -0.39 is 27.6 Å². The fourth-order valence-corrected chi connectivity index (χ4v) is 3.59.